The maximum Gasteiger partial charge on any atom is 0.292 e. The lowest BCUT2D eigenvalue weighted by Gasteiger charge is -2.38. The van der Waals surface area contributed by atoms with Gasteiger partial charge in [-0.1, -0.05) is 6.07 Å². The Kier molecular flexibility index (Phi) is 2.96. The van der Waals surface area contributed by atoms with Gasteiger partial charge in [-0.15, -0.1) is 0 Å². The van der Waals surface area contributed by atoms with Gasteiger partial charge in [-0.05, 0) is 38.0 Å². The molecule has 8 nitrogen and oxygen atoms in total. The van der Waals surface area contributed by atoms with E-state index in [1.165, 1.54) is 6.39 Å². The molecular formula is C20H18N6O2. The van der Waals surface area contributed by atoms with E-state index < -0.39 is 0 Å². The van der Waals surface area contributed by atoms with Crippen molar-refractivity contribution < 1.29 is 9.21 Å². The molecule has 8 heteroatoms. The van der Waals surface area contributed by atoms with E-state index in [9.17, 15) is 4.79 Å². The smallest absolute Gasteiger partial charge is 0.292 e. The fourth-order valence-electron chi connectivity index (χ4n) is 4.35. The lowest BCUT2D eigenvalue weighted by Crippen LogP contribution is -2.45. The highest BCUT2D eigenvalue weighted by Crippen LogP contribution is 2.54. The van der Waals surface area contributed by atoms with Crippen LogP contribution in [-0.4, -0.2) is 41.9 Å². The first-order valence-electron chi connectivity index (χ1n) is 9.35. The number of aromatic nitrogens is 5. The summed E-state index contributed by atoms with van der Waals surface area (Å²) in [6, 6.07) is 7.59. The number of pyridine rings is 1. The number of nitrogens with zero attached hydrogens (tertiary/aromatic N) is 5. The van der Waals surface area contributed by atoms with Crippen molar-refractivity contribution >= 4 is 11.4 Å². The average molecular weight is 374 g/mol. The van der Waals surface area contributed by atoms with Gasteiger partial charge in [0.25, 0.3) is 5.91 Å². The molecule has 2 aliphatic rings. The van der Waals surface area contributed by atoms with Crippen molar-refractivity contribution in [3.8, 4) is 0 Å². The quantitative estimate of drug-likeness (QED) is 0.582. The molecule has 0 bridgehead atoms. The summed E-state index contributed by atoms with van der Waals surface area (Å²) < 4.78 is 7.26. The van der Waals surface area contributed by atoms with Gasteiger partial charge in [-0.3, -0.25) is 4.79 Å². The Bertz CT molecular complexity index is 1180. The van der Waals surface area contributed by atoms with Crippen molar-refractivity contribution in [2.24, 2.45) is 0 Å². The normalized spacial score (nSPS) is 19.9. The minimum atomic E-state index is -0.347. The molecule has 0 aromatic carbocycles. The molecule has 1 spiro atoms. The van der Waals surface area contributed by atoms with E-state index in [0.717, 1.165) is 35.4 Å². The molecule has 6 rings (SSSR count). The highest BCUT2D eigenvalue weighted by atomic mass is 16.3. The molecule has 1 atom stereocenters. The molecule has 0 radical (unpaired) electrons. The summed E-state index contributed by atoms with van der Waals surface area (Å²) >= 11 is 0. The molecule has 0 saturated heterocycles. The first kappa shape index (κ1) is 15.6. The Morgan fingerprint density at radius 2 is 2.21 bits per heavy atom. The fourth-order valence-corrected chi connectivity index (χ4v) is 4.35. The van der Waals surface area contributed by atoms with Crippen LogP contribution in [0.25, 0.3) is 5.52 Å². The Balaban J connectivity index is 1.54. The van der Waals surface area contributed by atoms with Crippen molar-refractivity contribution in [3.05, 3.63) is 71.7 Å². The van der Waals surface area contributed by atoms with Crippen molar-refractivity contribution in [2.45, 2.75) is 31.2 Å². The van der Waals surface area contributed by atoms with Crippen LogP contribution in [0.3, 0.4) is 0 Å². The lowest BCUT2D eigenvalue weighted by atomic mass is 9.89. The predicted molar refractivity (Wildman–Crippen MR) is 98.8 cm³/mol. The number of imidazole rings is 1. The van der Waals surface area contributed by atoms with Gasteiger partial charge in [0.05, 0.1) is 34.6 Å². The molecule has 1 fully saturated rings. The minimum absolute atomic E-state index is 0.0609. The van der Waals surface area contributed by atoms with Crippen LogP contribution < -0.4 is 0 Å². The van der Waals surface area contributed by atoms with Gasteiger partial charge in [0.15, 0.2) is 6.39 Å². The van der Waals surface area contributed by atoms with Gasteiger partial charge in [-0.2, -0.15) is 5.10 Å². The highest BCUT2D eigenvalue weighted by Gasteiger charge is 2.55. The number of aryl methyl sites for hydroxylation is 1. The van der Waals surface area contributed by atoms with E-state index in [4.69, 9.17) is 9.52 Å². The summed E-state index contributed by atoms with van der Waals surface area (Å²) in [7, 11) is 0. The van der Waals surface area contributed by atoms with Crippen molar-refractivity contribution in [1.29, 1.82) is 0 Å². The average Bonchev–Trinajstić information content (AvgIpc) is 3.11. The maximum absolute atomic E-state index is 13.5. The summed E-state index contributed by atoms with van der Waals surface area (Å²) in [6.07, 6.45) is 7.01. The monoisotopic (exact) mass is 374 g/mol. The molecule has 28 heavy (non-hydrogen) atoms. The number of carbonyl (C=O) groups excluding carboxylic acids is 1. The van der Waals surface area contributed by atoms with Crippen LogP contribution in [0.4, 0.5) is 0 Å². The van der Waals surface area contributed by atoms with E-state index >= 15 is 0 Å². The third kappa shape index (κ3) is 2.05. The summed E-state index contributed by atoms with van der Waals surface area (Å²) in [5.74, 6) is 0.121. The standard InChI is InChI=1S/C20H18N6O2/c1-12-17(28-11-23-12)19(27)25-9-20(5-6-20)18-15(21-10-22-18)16(25)14-8-13-4-2-3-7-26(13)24-14/h2-4,7-8,10-11,16H,5-6,9H2,1H3,(H,21,22). The largest absolute Gasteiger partial charge is 0.438 e. The molecule has 1 unspecified atom stereocenters. The number of aromatic amines is 1. The molecule has 4 aromatic heterocycles. The van der Waals surface area contributed by atoms with Crippen LogP contribution >= 0.6 is 0 Å². The van der Waals surface area contributed by atoms with Crippen LogP contribution in [-0.2, 0) is 5.41 Å². The zero-order valence-corrected chi connectivity index (χ0v) is 15.3. The molecule has 1 N–H and O–H groups in total. The number of hydrogen-bond donors (Lipinski definition) is 1. The Hall–Kier alpha value is -3.42. The summed E-state index contributed by atoms with van der Waals surface area (Å²) in [6.45, 7) is 2.39. The first-order chi connectivity index (χ1) is 13.7. The van der Waals surface area contributed by atoms with Crippen molar-refractivity contribution in [2.75, 3.05) is 6.54 Å². The first-order valence-corrected chi connectivity index (χ1v) is 9.35. The van der Waals surface area contributed by atoms with Crippen LogP contribution in [0.15, 0.2) is 47.6 Å². The fraction of sp³-hybridized carbons (Fsp3) is 0.300. The second kappa shape index (κ2) is 5.31. The second-order valence-corrected chi connectivity index (χ2v) is 7.69. The third-order valence-electron chi connectivity index (χ3n) is 5.95. The lowest BCUT2D eigenvalue weighted by molar-refractivity contribution is 0.0621. The molecule has 140 valence electrons. The van der Waals surface area contributed by atoms with E-state index in [0.29, 0.717) is 12.2 Å². The maximum atomic E-state index is 13.5. The van der Waals surface area contributed by atoms with Gasteiger partial charge >= 0.3 is 0 Å². The predicted octanol–water partition coefficient (Wildman–Crippen LogP) is 2.63. The topological polar surface area (TPSA) is 92.3 Å². The van der Waals surface area contributed by atoms with Gasteiger partial charge in [0.1, 0.15) is 6.04 Å². The molecule has 1 aliphatic heterocycles. The van der Waals surface area contributed by atoms with E-state index in [-0.39, 0.29) is 23.1 Å². The highest BCUT2D eigenvalue weighted by molar-refractivity contribution is 5.93. The van der Waals surface area contributed by atoms with Gasteiger partial charge < -0.3 is 14.3 Å². The van der Waals surface area contributed by atoms with Gasteiger partial charge in [0, 0.05) is 18.2 Å². The van der Waals surface area contributed by atoms with Crippen LogP contribution in [0.1, 0.15) is 52.2 Å². The number of carbonyl (C=O) groups is 1. The molecule has 5 heterocycles. The molecular weight excluding hydrogens is 356 g/mol. The zero-order chi connectivity index (χ0) is 18.9. The van der Waals surface area contributed by atoms with Crippen LogP contribution in [0.5, 0.6) is 0 Å². The van der Waals surface area contributed by atoms with E-state index in [1.54, 1.807) is 13.3 Å². The number of nitrogens with one attached hydrogen (secondary N) is 1. The zero-order valence-electron chi connectivity index (χ0n) is 15.3. The molecule has 4 aromatic rings. The summed E-state index contributed by atoms with van der Waals surface area (Å²) in [4.78, 5) is 27.3. The molecule has 1 amide bonds. The number of oxazole rings is 1. The third-order valence-corrected chi connectivity index (χ3v) is 5.95. The number of H-pyrrole nitrogens is 1. The van der Waals surface area contributed by atoms with E-state index in [2.05, 4.69) is 15.0 Å². The van der Waals surface area contributed by atoms with E-state index in [1.807, 2.05) is 39.9 Å². The van der Waals surface area contributed by atoms with Crippen LogP contribution in [0, 0.1) is 6.92 Å². The molecule has 1 saturated carbocycles. The second-order valence-electron chi connectivity index (χ2n) is 7.69. The Morgan fingerprint density at radius 3 is 2.96 bits per heavy atom. The van der Waals surface area contributed by atoms with Gasteiger partial charge in [0.2, 0.25) is 5.76 Å². The SMILES string of the molecule is Cc1ncoc1C(=O)N1CC2(CC2)c2nc[nH]c2C1c1cc2ccccn2n1. The number of fused-ring (bicyclic) bond motifs is 3. The Labute approximate surface area is 160 Å². The van der Waals surface area contributed by atoms with Crippen molar-refractivity contribution in [3.63, 3.8) is 0 Å². The summed E-state index contributed by atoms with van der Waals surface area (Å²) in [5, 5.41) is 4.75. The Morgan fingerprint density at radius 1 is 1.32 bits per heavy atom. The summed E-state index contributed by atoms with van der Waals surface area (Å²) in [5.41, 5.74) is 4.32. The number of hydrogen-bond acceptors (Lipinski definition) is 5. The molecule has 1 aliphatic carbocycles. The number of rotatable bonds is 2. The number of amides is 1. The van der Waals surface area contributed by atoms with Gasteiger partial charge in [-0.25, -0.2) is 14.5 Å². The minimum Gasteiger partial charge on any atom is -0.438 e. The van der Waals surface area contributed by atoms with Crippen LogP contribution in [0.2, 0.25) is 0 Å². The van der Waals surface area contributed by atoms with Crippen molar-refractivity contribution in [1.82, 2.24) is 29.5 Å².